The SMILES string of the molecule is [11CH3]OCc1scnc1N1CCN(C[C@H]2COc3ccccc3O2)CC1. The van der Waals surface area contributed by atoms with Gasteiger partial charge in [-0.3, -0.25) is 4.90 Å². The summed E-state index contributed by atoms with van der Waals surface area (Å²) in [7, 11) is 1.73. The van der Waals surface area contributed by atoms with Gasteiger partial charge in [0.15, 0.2) is 11.5 Å². The van der Waals surface area contributed by atoms with Gasteiger partial charge in [-0.15, -0.1) is 11.3 Å². The summed E-state index contributed by atoms with van der Waals surface area (Å²) < 4.78 is 17.2. The van der Waals surface area contributed by atoms with Gasteiger partial charge in [0.25, 0.3) is 0 Å². The van der Waals surface area contributed by atoms with E-state index in [-0.39, 0.29) is 6.10 Å². The first-order chi connectivity index (χ1) is 12.3. The molecule has 1 aromatic carbocycles. The molecule has 1 fully saturated rings. The minimum absolute atomic E-state index is 0.0878. The van der Waals surface area contributed by atoms with Crippen molar-refractivity contribution in [3.63, 3.8) is 0 Å². The Kier molecular flexibility index (Phi) is 5.05. The molecule has 0 saturated carbocycles. The summed E-state index contributed by atoms with van der Waals surface area (Å²) in [6.07, 6.45) is 0.0878. The van der Waals surface area contributed by atoms with Crippen LogP contribution in [-0.2, 0) is 11.3 Å². The van der Waals surface area contributed by atoms with Crippen LogP contribution in [0.25, 0.3) is 0 Å². The van der Waals surface area contributed by atoms with Crippen molar-refractivity contribution in [2.45, 2.75) is 12.7 Å². The smallest absolute Gasteiger partial charge is 0.161 e. The van der Waals surface area contributed by atoms with Gasteiger partial charge >= 0.3 is 0 Å². The van der Waals surface area contributed by atoms with Gasteiger partial charge in [0.2, 0.25) is 0 Å². The van der Waals surface area contributed by atoms with Crippen molar-refractivity contribution in [1.29, 1.82) is 0 Å². The van der Waals surface area contributed by atoms with E-state index < -0.39 is 0 Å². The lowest BCUT2D eigenvalue weighted by Crippen LogP contribution is -2.51. The topological polar surface area (TPSA) is 47.1 Å². The number of piperazine rings is 1. The Balaban J connectivity index is 1.30. The van der Waals surface area contributed by atoms with E-state index >= 15 is 0 Å². The number of nitrogens with zero attached hydrogens (tertiary/aromatic N) is 3. The molecule has 25 heavy (non-hydrogen) atoms. The van der Waals surface area contributed by atoms with Crippen LogP contribution >= 0.6 is 11.3 Å². The third-order valence-corrected chi connectivity index (χ3v) is 5.39. The summed E-state index contributed by atoms with van der Waals surface area (Å²) >= 11 is 1.66. The number of hydrogen-bond acceptors (Lipinski definition) is 7. The number of hydrogen-bond donors (Lipinski definition) is 0. The summed E-state index contributed by atoms with van der Waals surface area (Å²) in [6.45, 7) is 6.10. The Morgan fingerprint density at radius 1 is 1.20 bits per heavy atom. The first-order valence-electron chi connectivity index (χ1n) is 8.60. The molecule has 2 aliphatic rings. The first kappa shape index (κ1) is 16.6. The molecule has 3 heterocycles. The third kappa shape index (κ3) is 3.73. The molecule has 0 unspecified atom stereocenters. The molecule has 1 saturated heterocycles. The van der Waals surface area contributed by atoms with E-state index in [2.05, 4.69) is 14.8 Å². The molecule has 0 N–H and O–H groups in total. The summed E-state index contributed by atoms with van der Waals surface area (Å²) in [5.41, 5.74) is 1.90. The van der Waals surface area contributed by atoms with Crippen molar-refractivity contribution in [2.75, 3.05) is 51.3 Å². The molecule has 0 aliphatic carbocycles. The molecular formula is C18H23N3O3S. The zero-order valence-electron chi connectivity index (χ0n) is 14.4. The normalized spacial score (nSPS) is 20.7. The minimum Gasteiger partial charge on any atom is -0.486 e. The zero-order valence-corrected chi connectivity index (χ0v) is 15.2. The van der Waals surface area contributed by atoms with Crippen molar-refractivity contribution < 1.29 is 14.2 Å². The second-order valence-corrected chi connectivity index (χ2v) is 7.26. The van der Waals surface area contributed by atoms with Crippen molar-refractivity contribution in [1.82, 2.24) is 9.88 Å². The van der Waals surface area contributed by atoms with Crippen molar-refractivity contribution >= 4 is 17.2 Å². The number of benzene rings is 1. The largest absolute Gasteiger partial charge is 0.486 e. The van der Waals surface area contributed by atoms with E-state index in [9.17, 15) is 0 Å². The van der Waals surface area contributed by atoms with Gasteiger partial charge < -0.3 is 19.1 Å². The molecule has 4 rings (SSSR count). The predicted molar refractivity (Wildman–Crippen MR) is 97.8 cm³/mol. The summed E-state index contributed by atoms with van der Waals surface area (Å²) in [6, 6.07) is 7.88. The average Bonchev–Trinajstić information content (AvgIpc) is 3.11. The molecule has 7 heteroatoms. The molecule has 134 valence electrons. The van der Waals surface area contributed by atoms with E-state index in [4.69, 9.17) is 14.2 Å². The van der Waals surface area contributed by atoms with E-state index in [0.29, 0.717) is 13.2 Å². The van der Waals surface area contributed by atoms with Crippen LogP contribution in [0, 0.1) is 0 Å². The Bertz CT molecular complexity index is 700. The number of thiazole rings is 1. The van der Waals surface area contributed by atoms with Crippen LogP contribution < -0.4 is 14.4 Å². The molecule has 0 bridgehead atoms. The van der Waals surface area contributed by atoms with Crippen LogP contribution in [0.3, 0.4) is 0 Å². The number of ether oxygens (including phenoxy) is 3. The highest BCUT2D eigenvalue weighted by Crippen LogP contribution is 2.31. The molecule has 0 amide bonds. The number of para-hydroxylation sites is 2. The van der Waals surface area contributed by atoms with Gasteiger partial charge in [-0.05, 0) is 12.1 Å². The Morgan fingerprint density at radius 3 is 2.80 bits per heavy atom. The fourth-order valence-corrected chi connectivity index (χ4v) is 4.09. The van der Waals surface area contributed by atoms with Crippen LogP contribution in [0.2, 0.25) is 0 Å². The second kappa shape index (κ2) is 7.59. The molecule has 1 aromatic heterocycles. The molecule has 1 atom stereocenters. The number of aromatic nitrogens is 1. The molecule has 6 nitrogen and oxygen atoms in total. The summed E-state index contributed by atoms with van der Waals surface area (Å²) in [5.74, 6) is 2.78. The standard InChI is InChI=1S/C18H23N3O3S/c1-22-12-17-18(19-13-25-17)21-8-6-20(7-9-21)10-14-11-23-15-4-2-3-5-16(15)24-14/h2-5,13-14H,6-12H2,1H3/t14-/m0/s1/i1-1. The first-order valence-corrected chi connectivity index (χ1v) is 9.48. The predicted octanol–water partition coefficient (Wildman–Crippen LogP) is 2.25. The van der Waals surface area contributed by atoms with Gasteiger partial charge in [-0.2, -0.15) is 0 Å². The van der Waals surface area contributed by atoms with E-state index in [1.807, 2.05) is 29.8 Å². The number of rotatable bonds is 5. The van der Waals surface area contributed by atoms with Crippen LogP contribution in [0.5, 0.6) is 11.5 Å². The Morgan fingerprint density at radius 2 is 2.00 bits per heavy atom. The van der Waals surface area contributed by atoms with Crippen molar-refractivity contribution in [3.05, 3.63) is 34.7 Å². The number of anilines is 1. The van der Waals surface area contributed by atoms with Crippen LogP contribution in [0.15, 0.2) is 29.8 Å². The maximum absolute atomic E-state index is 6.08. The highest BCUT2D eigenvalue weighted by Gasteiger charge is 2.26. The lowest BCUT2D eigenvalue weighted by Gasteiger charge is -2.37. The number of fused-ring (bicyclic) bond motifs is 1. The number of methoxy groups -OCH3 is 1. The second-order valence-electron chi connectivity index (χ2n) is 6.32. The van der Waals surface area contributed by atoms with Crippen LogP contribution in [0.4, 0.5) is 5.82 Å². The quantitative estimate of drug-likeness (QED) is 0.815. The molecule has 0 radical (unpaired) electrons. The lowest BCUT2D eigenvalue weighted by atomic mass is 10.2. The monoisotopic (exact) mass is 360 g/mol. The maximum Gasteiger partial charge on any atom is 0.161 e. The molecule has 0 spiro atoms. The van der Waals surface area contributed by atoms with Gasteiger partial charge in [0.1, 0.15) is 18.5 Å². The molecule has 2 aliphatic heterocycles. The maximum atomic E-state index is 6.08. The summed E-state index contributed by atoms with van der Waals surface area (Å²) in [4.78, 5) is 10.5. The van der Waals surface area contributed by atoms with Gasteiger partial charge in [0.05, 0.1) is 17.0 Å². The van der Waals surface area contributed by atoms with E-state index in [0.717, 1.165) is 50.0 Å². The van der Waals surface area contributed by atoms with Gasteiger partial charge in [-0.1, -0.05) is 12.1 Å². The average molecular weight is 360 g/mol. The third-order valence-electron chi connectivity index (χ3n) is 4.60. The highest BCUT2D eigenvalue weighted by molar-refractivity contribution is 7.10. The highest BCUT2D eigenvalue weighted by atomic mass is 32.1. The molecular weight excluding hydrogens is 337 g/mol. The van der Waals surface area contributed by atoms with Crippen molar-refractivity contribution in [2.24, 2.45) is 0 Å². The van der Waals surface area contributed by atoms with Crippen LogP contribution in [0.1, 0.15) is 4.88 Å². The van der Waals surface area contributed by atoms with Crippen molar-refractivity contribution in [3.8, 4) is 11.5 Å². The van der Waals surface area contributed by atoms with E-state index in [1.165, 1.54) is 4.88 Å². The van der Waals surface area contributed by atoms with Gasteiger partial charge in [0, 0.05) is 39.8 Å². The zero-order chi connectivity index (χ0) is 17.1. The Hall–Kier alpha value is -1.83. The van der Waals surface area contributed by atoms with Gasteiger partial charge in [-0.25, -0.2) is 4.98 Å². The fraction of sp³-hybridized carbons (Fsp3) is 0.500. The molecule has 2 aromatic rings. The lowest BCUT2D eigenvalue weighted by molar-refractivity contribution is 0.0570. The fourth-order valence-electron chi connectivity index (χ4n) is 3.34. The Labute approximate surface area is 151 Å². The minimum atomic E-state index is 0.0878. The van der Waals surface area contributed by atoms with E-state index in [1.54, 1.807) is 18.4 Å². The summed E-state index contributed by atoms with van der Waals surface area (Å²) in [5, 5.41) is 0. The van der Waals surface area contributed by atoms with Crippen LogP contribution in [-0.4, -0.2) is 62.4 Å².